The average Bonchev–Trinajstić information content (AvgIpc) is 3.18. The summed E-state index contributed by atoms with van der Waals surface area (Å²) in [6.07, 6.45) is 3.20. The van der Waals surface area contributed by atoms with Crippen LogP contribution in [0.15, 0.2) is 67.0 Å². The van der Waals surface area contributed by atoms with Crippen molar-refractivity contribution in [2.24, 2.45) is 0 Å². The van der Waals surface area contributed by atoms with Crippen LogP contribution in [0.4, 0.5) is 5.69 Å². The van der Waals surface area contributed by atoms with Crippen LogP contribution in [0.25, 0.3) is 0 Å². The lowest BCUT2D eigenvalue weighted by molar-refractivity contribution is 0.0666. The number of rotatable bonds is 3. The number of nitrogens with zero attached hydrogens (tertiary/aromatic N) is 2. The van der Waals surface area contributed by atoms with Crippen LogP contribution in [0, 0.1) is 0 Å². The molecule has 134 valence electrons. The number of fused-ring (bicyclic) bond motifs is 2. The number of carbonyl (C=O) groups is 1. The molecule has 0 spiro atoms. The predicted molar refractivity (Wildman–Crippen MR) is 99.5 cm³/mol. The molecule has 0 radical (unpaired) electrons. The number of aromatic nitrogens is 1. The largest absolute Gasteiger partial charge is 0.454 e. The number of hydrogen-bond acceptors (Lipinski definition) is 5. The summed E-state index contributed by atoms with van der Waals surface area (Å²) in [5.74, 6) is 1.44. The highest BCUT2D eigenvalue weighted by Crippen LogP contribution is 2.36. The maximum Gasteiger partial charge on any atom is 0.258 e. The van der Waals surface area contributed by atoms with Crippen LogP contribution in [-0.2, 0) is 6.54 Å². The molecule has 0 fully saturated rings. The van der Waals surface area contributed by atoms with Gasteiger partial charge in [-0.3, -0.25) is 9.78 Å². The van der Waals surface area contributed by atoms with E-state index in [1.807, 2.05) is 59.5 Å². The van der Waals surface area contributed by atoms with Crippen molar-refractivity contribution in [3.8, 4) is 11.5 Å². The summed E-state index contributed by atoms with van der Waals surface area (Å²) in [7, 11) is 0. The SMILES string of the molecule is O=C1c2ccccc2N[C@H](c2ccncc2)N1Cc1ccc2c(c1)OCO2. The van der Waals surface area contributed by atoms with Crippen molar-refractivity contribution in [3.05, 3.63) is 83.7 Å². The fourth-order valence-corrected chi connectivity index (χ4v) is 3.50. The van der Waals surface area contributed by atoms with E-state index in [4.69, 9.17) is 9.47 Å². The minimum absolute atomic E-state index is 0.0103. The van der Waals surface area contributed by atoms with Crippen LogP contribution >= 0.6 is 0 Å². The molecule has 1 N–H and O–H groups in total. The van der Waals surface area contributed by atoms with Crippen LogP contribution in [0.5, 0.6) is 11.5 Å². The first-order valence-electron chi connectivity index (χ1n) is 8.74. The van der Waals surface area contributed by atoms with E-state index >= 15 is 0 Å². The van der Waals surface area contributed by atoms with Crippen LogP contribution in [0.1, 0.15) is 27.7 Å². The Morgan fingerprint density at radius 2 is 1.85 bits per heavy atom. The molecular formula is C21H17N3O3. The molecule has 2 aromatic carbocycles. The third-order valence-electron chi connectivity index (χ3n) is 4.83. The van der Waals surface area contributed by atoms with E-state index in [1.54, 1.807) is 12.4 Å². The van der Waals surface area contributed by atoms with E-state index < -0.39 is 0 Å². The molecule has 5 rings (SSSR count). The Bertz CT molecular complexity index is 1010. The van der Waals surface area contributed by atoms with Gasteiger partial charge in [-0.2, -0.15) is 0 Å². The summed E-state index contributed by atoms with van der Waals surface area (Å²) in [6, 6.07) is 17.2. The Hall–Kier alpha value is -3.54. The van der Waals surface area contributed by atoms with Gasteiger partial charge >= 0.3 is 0 Å². The lowest BCUT2D eigenvalue weighted by atomic mass is 10.0. The Morgan fingerprint density at radius 1 is 1.04 bits per heavy atom. The summed E-state index contributed by atoms with van der Waals surface area (Å²) in [5, 5.41) is 3.49. The maximum atomic E-state index is 13.3. The van der Waals surface area contributed by atoms with Crippen LogP contribution in [0.2, 0.25) is 0 Å². The van der Waals surface area contributed by atoms with E-state index in [9.17, 15) is 4.79 Å². The van der Waals surface area contributed by atoms with E-state index in [1.165, 1.54) is 0 Å². The molecule has 3 heterocycles. The number of pyridine rings is 1. The van der Waals surface area contributed by atoms with Crippen molar-refractivity contribution in [2.45, 2.75) is 12.7 Å². The lowest BCUT2D eigenvalue weighted by Crippen LogP contribution is -2.42. The molecular weight excluding hydrogens is 342 g/mol. The van der Waals surface area contributed by atoms with Crippen molar-refractivity contribution < 1.29 is 14.3 Å². The average molecular weight is 359 g/mol. The second-order valence-electron chi connectivity index (χ2n) is 6.49. The highest BCUT2D eigenvalue weighted by molar-refractivity contribution is 6.01. The van der Waals surface area contributed by atoms with Gasteiger partial charge in [-0.05, 0) is 47.5 Å². The van der Waals surface area contributed by atoms with Gasteiger partial charge in [0.05, 0.1) is 5.56 Å². The first-order chi connectivity index (χ1) is 13.3. The molecule has 3 aromatic rings. The van der Waals surface area contributed by atoms with Gasteiger partial charge in [-0.25, -0.2) is 0 Å². The summed E-state index contributed by atoms with van der Waals surface area (Å²) in [4.78, 5) is 19.2. The number of anilines is 1. The fraction of sp³-hybridized carbons (Fsp3) is 0.143. The molecule has 0 saturated carbocycles. The Balaban J connectivity index is 1.53. The number of amides is 1. The number of ether oxygens (including phenoxy) is 2. The molecule has 1 aromatic heterocycles. The molecule has 0 aliphatic carbocycles. The smallest absolute Gasteiger partial charge is 0.258 e. The highest BCUT2D eigenvalue weighted by atomic mass is 16.7. The topological polar surface area (TPSA) is 63.7 Å². The normalized spacial score (nSPS) is 17.4. The molecule has 2 aliphatic rings. The monoisotopic (exact) mass is 359 g/mol. The third kappa shape index (κ3) is 2.75. The van der Waals surface area contributed by atoms with Crippen molar-refractivity contribution in [1.82, 2.24) is 9.88 Å². The van der Waals surface area contributed by atoms with E-state index in [-0.39, 0.29) is 18.9 Å². The standard InChI is InChI=1S/C21H17N3O3/c25-21-16-3-1-2-4-17(16)23-20(15-7-9-22-10-8-15)24(21)12-14-5-6-18-19(11-14)27-13-26-18/h1-11,20,23H,12-13H2/t20-/m0/s1. The maximum absolute atomic E-state index is 13.3. The minimum atomic E-state index is -0.277. The minimum Gasteiger partial charge on any atom is -0.454 e. The molecule has 2 aliphatic heterocycles. The molecule has 6 nitrogen and oxygen atoms in total. The Labute approximate surface area is 156 Å². The number of benzene rings is 2. The first-order valence-corrected chi connectivity index (χ1v) is 8.74. The lowest BCUT2D eigenvalue weighted by Gasteiger charge is -2.38. The molecule has 27 heavy (non-hydrogen) atoms. The van der Waals surface area contributed by atoms with Crippen molar-refractivity contribution in [3.63, 3.8) is 0 Å². The second kappa shape index (κ2) is 6.32. The van der Waals surface area contributed by atoms with E-state index in [2.05, 4.69) is 10.3 Å². The summed E-state index contributed by atoms with van der Waals surface area (Å²) >= 11 is 0. The van der Waals surface area contributed by atoms with Gasteiger partial charge in [0.25, 0.3) is 5.91 Å². The fourth-order valence-electron chi connectivity index (χ4n) is 3.50. The second-order valence-corrected chi connectivity index (χ2v) is 6.49. The van der Waals surface area contributed by atoms with Crippen LogP contribution in [0.3, 0.4) is 0 Å². The van der Waals surface area contributed by atoms with Crippen LogP contribution in [-0.4, -0.2) is 22.6 Å². The van der Waals surface area contributed by atoms with Gasteiger partial charge in [0.1, 0.15) is 6.17 Å². The summed E-state index contributed by atoms with van der Waals surface area (Å²) in [5.41, 5.74) is 3.47. The van der Waals surface area contributed by atoms with E-state index in [0.29, 0.717) is 17.9 Å². The molecule has 1 atom stereocenters. The summed E-state index contributed by atoms with van der Waals surface area (Å²) in [6.45, 7) is 0.680. The molecule has 1 amide bonds. The first kappa shape index (κ1) is 15.7. The molecule has 0 unspecified atom stereocenters. The Morgan fingerprint density at radius 3 is 2.74 bits per heavy atom. The number of para-hydroxylation sites is 1. The third-order valence-corrected chi connectivity index (χ3v) is 4.83. The predicted octanol–water partition coefficient (Wildman–Crippen LogP) is 3.58. The zero-order valence-electron chi connectivity index (χ0n) is 14.5. The van der Waals surface area contributed by atoms with Crippen molar-refractivity contribution >= 4 is 11.6 Å². The Kier molecular flexibility index (Phi) is 3.67. The van der Waals surface area contributed by atoms with Gasteiger partial charge in [-0.1, -0.05) is 18.2 Å². The molecule has 0 saturated heterocycles. The van der Waals surface area contributed by atoms with Gasteiger partial charge in [-0.15, -0.1) is 0 Å². The number of hydrogen-bond donors (Lipinski definition) is 1. The van der Waals surface area contributed by atoms with Crippen molar-refractivity contribution in [2.75, 3.05) is 12.1 Å². The quantitative estimate of drug-likeness (QED) is 0.774. The molecule has 6 heteroatoms. The van der Waals surface area contributed by atoms with Gasteiger partial charge in [0.15, 0.2) is 11.5 Å². The molecule has 0 bridgehead atoms. The van der Waals surface area contributed by atoms with Gasteiger partial charge in [0, 0.05) is 24.6 Å². The van der Waals surface area contributed by atoms with Gasteiger partial charge in [0.2, 0.25) is 6.79 Å². The number of nitrogens with one attached hydrogen (secondary N) is 1. The highest BCUT2D eigenvalue weighted by Gasteiger charge is 2.33. The van der Waals surface area contributed by atoms with Crippen LogP contribution < -0.4 is 14.8 Å². The summed E-state index contributed by atoms with van der Waals surface area (Å²) < 4.78 is 10.9. The van der Waals surface area contributed by atoms with Gasteiger partial charge < -0.3 is 19.7 Å². The van der Waals surface area contributed by atoms with E-state index in [0.717, 1.165) is 22.6 Å². The zero-order chi connectivity index (χ0) is 18.2. The number of carbonyl (C=O) groups excluding carboxylic acids is 1. The van der Waals surface area contributed by atoms with Crippen molar-refractivity contribution in [1.29, 1.82) is 0 Å². The zero-order valence-corrected chi connectivity index (χ0v) is 14.5.